The molecule has 0 amide bonds. The highest BCUT2D eigenvalue weighted by molar-refractivity contribution is 8.09. The number of benzene rings is 1. The number of anilines is 1. The van der Waals surface area contributed by atoms with Gasteiger partial charge >= 0.3 is 12.6 Å². The van der Waals surface area contributed by atoms with Crippen LogP contribution in [0.4, 0.5) is 5.95 Å². The second-order valence-corrected chi connectivity index (χ2v) is 13.0. The fraction of sp³-hybridized carbons (Fsp3) is 0.520. The third-order valence-electron chi connectivity index (χ3n) is 6.13. The molecule has 0 saturated carbocycles. The number of aromatic nitrogens is 4. The van der Waals surface area contributed by atoms with E-state index in [2.05, 4.69) is 20.0 Å². The van der Waals surface area contributed by atoms with Crippen LogP contribution in [0.25, 0.3) is 11.2 Å². The Bertz CT molecular complexity index is 1410. The number of ether oxygens (including phenoxy) is 3. The van der Waals surface area contributed by atoms with Crippen molar-refractivity contribution in [3.63, 3.8) is 0 Å². The number of aliphatic hydroxyl groups excluding tert-OH is 1. The summed E-state index contributed by atoms with van der Waals surface area (Å²) >= 11 is 5.74. The lowest BCUT2D eigenvalue weighted by molar-refractivity contribution is -0.149. The number of nitrogens with one attached hydrogen (secondary N) is 1. The van der Waals surface area contributed by atoms with Gasteiger partial charge in [0.2, 0.25) is 11.8 Å². The van der Waals surface area contributed by atoms with Crippen LogP contribution in [-0.4, -0.2) is 78.9 Å². The number of nitrogens with two attached hydrogens (primary N) is 1. The van der Waals surface area contributed by atoms with Gasteiger partial charge in [-0.3, -0.25) is 9.36 Å². The molecule has 6 atom stereocenters. The molecule has 224 valence electrons. The molecule has 3 aromatic rings. The van der Waals surface area contributed by atoms with Crippen molar-refractivity contribution in [3.05, 3.63) is 36.7 Å². The fourth-order valence-electron chi connectivity index (χ4n) is 4.20. The molecule has 1 aliphatic heterocycles. The summed E-state index contributed by atoms with van der Waals surface area (Å²) in [6, 6.07) is 7.87. The van der Waals surface area contributed by atoms with Crippen molar-refractivity contribution in [3.8, 4) is 11.6 Å². The van der Waals surface area contributed by atoms with E-state index in [1.165, 1.54) is 17.8 Å². The molecular formula is C25H35N6O8PS. The van der Waals surface area contributed by atoms with Crippen LogP contribution >= 0.6 is 6.64 Å². The van der Waals surface area contributed by atoms with E-state index >= 15 is 0 Å². The average molecular weight is 611 g/mol. The van der Waals surface area contributed by atoms with Crippen molar-refractivity contribution >= 4 is 41.5 Å². The molecule has 1 saturated heterocycles. The lowest BCUT2D eigenvalue weighted by Gasteiger charge is -2.28. The van der Waals surface area contributed by atoms with Crippen LogP contribution in [0.15, 0.2) is 36.7 Å². The maximum absolute atomic E-state index is 12.5. The summed E-state index contributed by atoms with van der Waals surface area (Å²) in [5.41, 5.74) is 4.62. The molecule has 14 nitrogen and oxygen atoms in total. The maximum atomic E-state index is 12.5. The van der Waals surface area contributed by atoms with Gasteiger partial charge in [-0.15, -0.1) is 0 Å². The lowest BCUT2D eigenvalue weighted by Crippen LogP contribution is -2.44. The molecule has 0 spiro atoms. The lowest BCUT2D eigenvalue weighted by atomic mass is 9.96. The predicted octanol–water partition coefficient (Wildman–Crippen LogP) is 2.07. The van der Waals surface area contributed by atoms with E-state index < -0.39 is 42.7 Å². The number of carbonyl (C=O) groups is 1. The van der Waals surface area contributed by atoms with Gasteiger partial charge in [-0.1, -0.05) is 18.2 Å². The number of rotatable bonds is 12. The molecule has 1 fully saturated rings. The maximum Gasteiger partial charge on any atom is 0.323 e. The fourth-order valence-corrected chi connectivity index (χ4v) is 6.62. The molecule has 0 unspecified atom stereocenters. The predicted molar refractivity (Wildman–Crippen MR) is 153 cm³/mol. The Morgan fingerprint density at radius 1 is 1.29 bits per heavy atom. The van der Waals surface area contributed by atoms with Crippen molar-refractivity contribution in [2.45, 2.75) is 70.8 Å². The third kappa shape index (κ3) is 6.95. The second kappa shape index (κ2) is 12.5. The average Bonchev–Trinajstić information content (AvgIpc) is 3.41. The number of carbonyl (C=O) groups excluding carboxylic acids is 1. The number of fused-ring (bicyclic) bond motifs is 1. The van der Waals surface area contributed by atoms with E-state index in [1.807, 2.05) is 6.07 Å². The highest BCUT2D eigenvalue weighted by Gasteiger charge is 2.54. The molecular weight excluding hydrogens is 575 g/mol. The van der Waals surface area contributed by atoms with Crippen LogP contribution < -0.4 is 20.1 Å². The first-order chi connectivity index (χ1) is 19.3. The molecule has 1 aliphatic rings. The Kier molecular flexibility index (Phi) is 9.49. The summed E-state index contributed by atoms with van der Waals surface area (Å²) < 4.78 is 30.4. The number of para-hydroxylation sites is 1. The molecule has 5 N–H and O–H groups in total. The SMILES string of the molecule is CCOc1nc(N)nc2c1ncn2[C@@H]1O[C@H](CO[P@@](=S)(N[C@H](C)C(=O)OC(C)C)Oc2ccccc2)[C@@H](O)[C@@]1(C)O. The summed E-state index contributed by atoms with van der Waals surface area (Å²) in [5.74, 6) is 0.00422. The number of nitrogens with zero attached hydrogens (tertiary/aromatic N) is 4. The number of hydrogen-bond donors (Lipinski definition) is 4. The zero-order valence-corrected chi connectivity index (χ0v) is 25.0. The minimum Gasteiger partial charge on any atom is -0.476 e. The Hall–Kier alpha value is -2.91. The molecule has 16 heteroatoms. The number of hydrogen-bond acceptors (Lipinski definition) is 13. The normalized spacial score (nSPS) is 24.7. The zero-order valence-electron chi connectivity index (χ0n) is 23.3. The first-order valence-corrected chi connectivity index (χ1v) is 15.6. The van der Waals surface area contributed by atoms with Gasteiger partial charge in [0.15, 0.2) is 17.4 Å². The van der Waals surface area contributed by atoms with Crippen LogP contribution in [-0.2, 0) is 30.6 Å². The summed E-state index contributed by atoms with van der Waals surface area (Å²) in [7, 11) is 0. The summed E-state index contributed by atoms with van der Waals surface area (Å²) in [6.45, 7) is 4.89. The van der Waals surface area contributed by atoms with Crippen molar-refractivity contribution in [2.75, 3.05) is 18.9 Å². The standard InChI is InChI=1S/C25H35N6O8PS/c1-6-35-21-18-20(28-24(26)29-21)31(13-27-18)23-25(5,34)19(32)17(38-23)12-36-40(41,39-16-10-8-7-9-11-16)30-15(4)22(33)37-14(2)3/h7-11,13-15,17,19,23,32,34H,6,12H2,1-5H3,(H,30,41)(H2,26,28,29)/t15-,17-,19-,23-,25-,40+/m1/s1. The molecule has 41 heavy (non-hydrogen) atoms. The quantitative estimate of drug-likeness (QED) is 0.172. The van der Waals surface area contributed by atoms with Crippen LogP contribution in [0, 0.1) is 0 Å². The van der Waals surface area contributed by atoms with Gasteiger partial charge in [-0.25, -0.2) is 10.1 Å². The van der Waals surface area contributed by atoms with E-state index in [4.69, 9.17) is 40.8 Å². The third-order valence-corrected chi connectivity index (χ3v) is 8.63. The van der Waals surface area contributed by atoms with Crippen LogP contribution in [0.2, 0.25) is 0 Å². The topological polar surface area (TPSA) is 185 Å². The van der Waals surface area contributed by atoms with E-state index in [1.54, 1.807) is 52.0 Å². The number of aliphatic hydroxyl groups is 2. The van der Waals surface area contributed by atoms with Gasteiger partial charge < -0.3 is 39.2 Å². The number of esters is 1. The van der Waals surface area contributed by atoms with E-state index in [0.29, 0.717) is 17.9 Å². The van der Waals surface area contributed by atoms with Crippen molar-refractivity contribution in [1.82, 2.24) is 24.6 Å². The first-order valence-electron chi connectivity index (χ1n) is 13.0. The summed E-state index contributed by atoms with van der Waals surface area (Å²) in [6.07, 6.45) is -2.55. The largest absolute Gasteiger partial charge is 0.476 e. The second-order valence-electron chi connectivity index (χ2n) is 9.88. The summed E-state index contributed by atoms with van der Waals surface area (Å²) in [5, 5.41) is 25.3. The Balaban J connectivity index is 1.56. The van der Waals surface area contributed by atoms with Crippen molar-refractivity contribution < 1.29 is 38.3 Å². The number of imidazole rings is 1. The van der Waals surface area contributed by atoms with Gasteiger partial charge in [-0.2, -0.15) is 9.97 Å². The Morgan fingerprint density at radius 2 is 2.00 bits per heavy atom. The monoisotopic (exact) mass is 610 g/mol. The molecule has 4 rings (SSSR count). The van der Waals surface area contributed by atoms with Gasteiger partial charge in [-0.05, 0) is 58.6 Å². The Labute approximate surface area is 242 Å². The van der Waals surface area contributed by atoms with Gasteiger partial charge in [0, 0.05) is 0 Å². The molecule has 0 bridgehead atoms. The highest BCUT2D eigenvalue weighted by Crippen LogP contribution is 2.47. The highest BCUT2D eigenvalue weighted by atomic mass is 32.5. The van der Waals surface area contributed by atoms with E-state index in [-0.39, 0.29) is 30.2 Å². The minimum atomic E-state index is -3.42. The Morgan fingerprint density at radius 3 is 2.66 bits per heavy atom. The molecule has 0 radical (unpaired) electrons. The van der Waals surface area contributed by atoms with E-state index in [9.17, 15) is 15.0 Å². The molecule has 1 aromatic carbocycles. The summed E-state index contributed by atoms with van der Waals surface area (Å²) in [4.78, 5) is 25.1. The number of nitrogen functional groups attached to an aromatic ring is 1. The van der Waals surface area contributed by atoms with Gasteiger partial charge in [0.05, 0.1) is 25.6 Å². The van der Waals surface area contributed by atoms with Crippen LogP contribution in [0.3, 0.4) is 0 Å². The minimum absolute atomic E-state index is 0.0595. The first kappa shape index (κ1) is 31.0. The smallest absolute Gasteiger partial charge is 0.323 e. The molecule has 3 heterocycles. The van der Waals surface area contributed by atoms with Crippen molar-refractivity contribution in [1.29, 1.82) is 0 Å². The molecule has 0 aliphatic carbocycles. The van der Waals surface area contributed by atoms with Gasteiger partial charge in [0.1, 0.15) is 29.6 Å². The van der Waals surface area contributed by atoms with Crippen LogP contribution in [0.5, 0.6) is 11.6 Å². The van der Waals surface area contributed by atoms with Crippen molar-refractivity contribution in [2.24, 2.45) is 0 Å². The van der Waals surface area contributed by atoms with E-state index in [0.717, 1.165) is 0 Å². The molecule has 2 aromatic heterocycles. The zero-order chi connectivity index (χ0) is 29.9. The van der Waals surface area contributed by atoms with Gasteiger partial charge in [0.25, 0.3) is 0 Å². The van der Waals surface area contributed by atoms with Crippen LogP contribution in [0.1, 0.15) is 40.8 Å².